The summed E-state index contributed by atoms with van der Waals surface area (Å²) >= 11 is 0. The number of carboxylic acid groups (broad SMARTS) is 1. The Kier molecular flexibility index (Phi) is 7.72. The third kappa shape index (κ3) is 5.99. The number of rotatable bonds is 10. The molecule has 0 fully saturated rings. The maximum atomic E-state index is 13.3. The Balaban J connectivity index is 2.29. The molecular weight excluding hydrogens is 399 g/mol. The summed E-state index contributed by atoms with van der Waals surface area (Å²) < 4.78 is 40.7. The summed E-state index contributed by atoms with van der Waals surface area (Å²) in [6, 6.07) is 10.3. The van der Waals surface area contributed by atoms with Gasteiger partial charge in [-0.2, -0.15) is 0 Å². The number of aliphatic hydroxyl groups excluding tert-OH is 1. The van der Waals surface area contributed by atoms with Crippen LogP contribution in [0, 0.1) is 12.7 Å². The van der Waals surface area contributed by atoms with Crippen LogP contribution in [-0.2, 0) is 14.8 Å². The van der Waals surface area contributed by atoms with Crippen LogP contribution in [0.25, 0.3) is 0 Å². The molecule has 2 rings (SSSR count). The molecule has 9 heteroatoms. The highest BCUT2D eigenvalue weighted by Crippen LogP contribution is 2.24. The van der Waals surface area contributed by atoms with E-state index in [0.29, 0.717) is 6.42 Å². The number of sulfonamides is 1. The molecule has 0 heterocycles. The summed E-state index contributed by atoms with van der Waals surface area (Å²) in [7, 11) is -4.03. The van der Waals surface area contributed by atoms with Gasteiger partial charge >= 0.3 is 5.97 Å². The van der Waals surface area contributed by atoms with Crippen molar-refractivity contribution in [2.75, 3.05) is 17.4 Å². The summed E-state index contributed by atoms with van der Waals surface area (Å²) in [6.07, 6.45) is -0.876. The van der Waals surface area contributed by atoms with Gasteiger partial charge in [0.15, 0.2) is 0 Å². The molecule has 2 aromatic rings. The molecule has 0 unspecified atom stereocenters. The van der Waals surface area contributed by atoms with Crippen LogP contribution >= 0.6 is 0 Å². The predicted octanol–water partition coefficient (Wildman–Crippen LogP) is 2.14. The average molecular weight is 424 g/mol. The summed E-state index contributed by atoms with van der Waals surface area (Å²) in [6.45, 7) is 3.07. The molecule has 0 saturated carbocycles. The predicted molar refractivity (Wildman–Crippen MR) is 108 cm³/mol. The van der Waals surface area contributed by atoms with Gasteiger partial charge in [0.05, 0.1) is 23.2 Å². The Labute approximate surface area is 169 Å². The molecule has 3 N–H and O–H groups in total. The maximum Gasteiger partial charge on any atom is 0.320 e. The molecule has 0 aliphatic heterocycles. The van der Waals surface area contributed by atoms with E-state index in [0.717, 1.165) is 22.0 Å². The van der Waals surface area contributed by atoms with Crippen molar-refractivity contribution in [3.05, 3.63) is 59.9 Å². The first-order valence-corrected chi connectivity index (χ1v) is 10.6. The topological polar surface area (TPSA) is 107 Å². The number of hydrogen-bond acceptors (Lipinski definition) is 5. The number of benzene rings is 2. The van der Waals surface area contributed by atoms with Crippen LogP contribution in [0.15, 0.2) is 53.4 Å². The van der Waals surface area contributed by atoms with Crippen molar-refractivity contribution in [1.82, 2.24) is 5.32 Å². The van der Waals surface area contributed by atoms with Gasteiger partial charge in [-0.05, 0) is 49.7 Å². The number of aliphatic carboxylic acids is 1. The van der Waals surface area contributed by atoms with Crippen LogP contribution < -0.4 is 9.62 Å². The van der Waals surface area contributed by atoms with Crippen molar-refractivity contribution in [3.8, 4) is 0 Å². The Morgan fingerprint density at radius 3 is 2.24 bits per heavy atom. The first-order valence-electron chi connectivity index (χ1n) is 9.14. The zero-order valence-corrected chi connectivity index (χ0v) is 17.1. The molecule has 0 radical (unpaired) electrons. The van der Waals surface area contributed by atoms with Crippen molar-refractivity contribution in [2.24, 2.45) is 0 Å². The maximum absolute atomic E-state index is 13.3. The third-order valence-corrected chi connectivity index (χ3v) is 6.21. The van der Waals surface area contributed by atoms with Crippen molar-refractivity contribution in [1.29, 1.82) is 0 Å². The number of carboxylic acids is 1. The molecule has 158 valence electrons. The van der Waals surface area contributed by atoms with Crippen molar-refractivity contribution < 1.29 is 27.8 Å². The summed E-state index contributed by atoms with van der Waals surface area (Å²) in [5.74, 6) is -1.57. The van der Waals surface area contributed by atoms with E-state index in [-0.39, 0.29) is 23.7 Å². The Morgan fingerprint density at radius 2 is 1.72 bits per heavy atom. The highest BCUT2D eigenvalue weighted by atomic mass is 32.2. The van der Waals surface area contributed by atoms with Gasteiger partial charge in [-0.25, -0.2) is 12.8 Å². The van der Waals surface area contributed by atoms with E-state index in [1.165, 1.54) is 24.3 Å². The summed E-state index contributed by atoms with van der Waals surface area (Å²) in [5, 5.41) is 22.2. The van der Waals surface area contributed by atoms with E-state index in [2.05, 4.69) is 5.32 Å². The summed E-state index contributed by atoms with van der Waals surface area (Å²) in [4.78, 5) is 11.1. The lowest BCUT2D eigenvalue weighted by atomic mass is 10.2. The molecule has 0 saturated heterocycles. The Morgan fingerprint density at radius 1 is 1.14 bits per heavy atom. The van der Waals surface area contributed by atoms with Gasteiger partial charge in [0.2, 0.25) is 0 Å². The molecule has 0 amide bonds. The fourth-order valence-electron chi connectivity index (χ4n) is 2.73. The van der Waals surface area contributed by atoms with Gasteiger partial charge in [0.1, 0.15) is 11.9 Å². The normalized spacial score (nSPS) is 13.7. The Bertz CT molecular complexity index is 917. The number of aliphatic hydroxyl groups is 1. The fourth-order valence-corrected chi connectivity index (χ4v) is 4.23. The van der Waals surface area contributed by atoms with Crippen molar-refractivity contribution in [3.63, 3.8) is 0 Å². The molecule has 0 aliphatic rings. The van der Waals surface area contributed by atoms with Crippen LogP contribution in [0.4, 0.5) is 10.1 Å². The summed E-state index contributed by atoms with van der Waals surface area (Å²) in [5.41, 5.74) is 1.08. The van der Waals surface area contributed by atoms with E-state index in [1.807, 2.05) is 6.92 Å². The van der Waals surface area contributed by atoms with Gasteiger partial charge < -0.3 is 15.5 Å². The lowest BCUT2D eigenvalue weighted by Crippen LogP contribution is -2.45. The Hall–Kier alpha value is -2.49. The van der Waals surface area contributed by atoms with E-state index in [9.17, 15) is 22.7 Å². The largest absolute Gasteiger partial charge is 0.480 e. The quantitative estimate of drug-likeness (QED) is 0.540. The zero-order valence-electron chi connectivity index (χ0n) is 16.2. The number of anilines is 1. The fraction of sp³-hybridized carbons (Fsp3) is 0.350. The molecular formula is C20H25FN2O5S. The van der Waals surface area contributed by atoms with Crippen LogP contribution in [-0.4, -0.2) is 49.8 Å². The molecule has 2 atom stereocenters. The third-order valence-electron chi connectivity index (χ3n) is 4.41. The molecule has 0 aliphatic carbocycles. The number of aryl methyl sites for hydroxylation is 1. The number of hydrogen-bond donors (Lipinski definition) is 3. The van der Waals surface area contributed by atoms with Crippen LogP contribution in [0.2, 0.25) is 0 Å². The second kappa shape index (κ2) is 9.82. The minimum atomic E-state index is -4.03. The van der Waals surface area contributed by atoms with Gasteiger partial charge in [0.25, 0.3) is 10.0 Å². The van der Waals surface area contributed by atoms with Gasteiger partial charge in [0, 0.05) is 6.54 Å². The van der Waals surface area contributed by atoms with E-state index in [1.54, 1.807) is 19.1 Å². The molecule has 0 spiro atoms. The van der Waals surface area contributed by atoms with Gasteiger partial charge in [-0.3, -0.25) is 9.10 Å². The standard InChI is InChI=1S/C20H25FN2O5S/c1-3-19(20(25)26)22-12-17(24)13-23(16-8-6-15(21)7-9-16)29(27,28)18-10-4-14(2)5-11-18/h4-11,17,19,22,24H,3,12-13H2,1-2H3,(H,25,26)/t17-,19-/m0/s1. The molecule has 2 aromatic carbocycles. The second-order valence-electron chi connectivity index (χ2n) is 6.69. The first-order chi connectivity index (χ1) is 13.6. The van der Waals surface area contributed by atoms with E-state index in [4.69, 9.17) is 5.11 Å². The smallest absolute Gasteiger partial charge is 0.320 e. The van der Waals surface area contributed by atoms with Crippen LogP contribution in [0.3, 0.4) is 0 Å². The minimum absolute atomic E-state index is 0.0320. The first kappa shape index (κ1) is 22.8. The van der Waals surface area contributed by atoms with E-state index >= 15 is 0 Å². The van der Waals surface area contributed by atoms with Crippen molar-refractivity contribution >= 4 is 21.7 Å². The number of carbonyl (C=O) groups is 1. The van der Waals surface area contributed by atoms with Crippen LogP contribution in [0.1, 0.15) is 18.9 Å². The average Bonchev–Trinajstić information content (AvgIpc) is 2.67. The van der Waals surface area contributed by atoms with Crippen LogP contribution in [0.5, 0.6) is 0 Å². The monoisotopic (exact) mass is 424 g/mol. The zero-order chi connectivity index (χ0) is 21.6. The number of halogens is 1. The van der Waals surface area contributed by atoms with E-state index < -0.39 is 34.0 Å². The number of nitrogens with one attached hydrogen (secondary N) is 1. The number of nitrogens with zero attached hydrogens (tertiary/aromatic N) is 1. The second-order valence-corrected chi connectivity index (χ2v) is 8.55. The molecule has 29 heavy (non-hydrogen) atoms. The van der Waals surface area contributed by atoms with Gasteiger partial charge in [-0.1, -0.05) is 24.6 Å². The highest BCUT2D eigenvalue weighted by Gasteiger charge is 2.28. The lowest BCUT2D eigenvalue weighted by molar-refractivity contribution is -0.139. The van der Waals surface area contributed by atoms with Crippen molar-refractivity contribution in [2.45, 2.75) is 37.3 Å². The highest BCUT2D eigenvalue weighted by molar-refractivity contribution is 7.92. The SMILES string of the molecule is CC[C@H](NC[C@H](O)CN(c1ccc(F)cc1)S(=O)(=O)c1ccc(C)cc1)C(=O)O. The molecule has 7 nitrogen and oxygen atoms in total. The van der Waals surface area contributed by atoms with Gasteiger partial charge in [-0.15, -0.1) is 0 Å². The lowest BCUT2D eigenvalue weighted by Gasteiger charge is -2.27. The minimum Gasteiger partial charge on any atom is -0.480 e. The molecule has 0 aromatic heterocycles. The molecule has 0 bridgehead atoms.